The zero-order chi connectivity index (χ0) is 25.1. The number of nitrogens with zero attached hydrogens (tertiary/aromatic N) is 5. The number of aromatic hydroxyl groups is 1. The Hall–Kier alpha value is -3.49. The lowest BCUT2D eigenvalue weighted by Gasteiger charge is -2.46. The summed E-state index contributed by atoms with van der Waals surface area (Å²) in [4.78, 5) is 10.6. The first-order valence-corrected chi connectivity index (χ1v) is 12.4. The Labute approximate surface area is 209 Å². The molecule has 8 nitrogen and oxygen atoms in total. The van der Waals surface area contributed by atoms with Crippen LogP contribution in [0, 0.1) is 10.8 Å². The Balaban J connectivity index is 1.22. The van der Waals surface area contributed by atoms with Crippen molar-refractivity contribution in [2.75, 3.05) is 25.2 Å². The molecule has 0 unspecified atom stereocenters. The quantitative estimate of drug-likeness (QED) is 0.555. The molecule has 2 fully saturated rings. The molecular weight excluding hydrogens is 461 g/mol. The summed E-state index contributed by atoms with van der Waals surface area (Å²) >= 11 is 0. The minimum atomic E-state index is -0.925. The van der Waals surface area contributed by atoms with Crippen LogP contribution in [0.15, 0.2) is 36.7 Å². The van der Waals surface area contributed by atoms with E-state index in [2.05, 4.69) is 34.0 Å². The van der Waals surface area contributed by atoms with Gasteiger partial charge in [-0.2, -0.15) is 0 Å². The van der Waals surface area contributed by atoms with Gasteiger partial charge in [0.1, 0.15) is 25.1 Å². The fourth-order valence-electron chi connectivity index (χ4n) is 6.27. The van der Waals surface area contributed by atoms with E-state index < -0.39 is 6.17 Å². The normalized spacial score (nSPS) is 28.7. The van der Waals surface area contributed by atoms with Crippen molar-refractivity contribution in [3.8, 4) is 39.9 Å². The van der Waals surface area contributed by atoms with E-state index in [4.69, 9.17) is 9.47 Å². The monoisotopic (exact) mass is 491 g/mol. The number of pyridine rings is 1. The van der Waals surface area contributed by atoms with E-state index >= 15 is 4.39 Å². The highest BCUT2D eigenvalue weighted by atomic mass is 19.1. The fraction of sp³-hybridized carbons (Fsp3) is 0.481. The number of hydrogen-bond donors (Lipinski definition) is 1. The molecule has 1 aromatic carbocycles. The predicted molar refractivity (Wildman–Crippen MR) is 133 cm³/mol. The number of benzene rings is 1. The maximum absolute atomic E-state index is 15.5. The molecule has 1 N–H and O–H groups in total. The van der Waals surface area contributed by atoms with Crippen molar-refractivity contribution < 1.29 is 19.0 Å². The highest BCUT2D eigenvalue weighted by molar-refractivity contribution is 5.73. The van der Waals surface area contributed by atoms with Crippen molar-refractivity contribution in [2.24, 2.45) is 10.8 Å². The molecule has 4 atom stereocenters. The first kappa shape index (κ1) is 22.9. The lowest BCUT2D eigenvalue weighted by Crippen LogP contribution is -2.52. The number of aromatic nitrogens is 4. The van der Waals surface area contributed by atoms with Crippen LogP contribution in [0.5, 0.6) is 17.4 Å². The van der Waals surface area contributed by atoms with E-state index in [0.29, 0.717) is 42.0 Å². The Morgan fingerprint density at radius 1 is 1.03 bits per heavy atom. The van der Waals surface area contributed by atoms with Crippen LogP contribution in [-0.4, -0.2) is 57.7 Å². The first-order chi connectivity index (χ1) is 17.2. The molecule has 2 saturated carbocycles. The Morgan fingerprint density at radius 3 is 2.64 bits per heavy atom. The summed E-state index contributed by atoms with van der Waals surface area (Å²) in [5, 5.41) is 19.4. The third kappa shape index (κ3) is 3.81. The lowest BCUT2D eigenvalue weighted by molar-refractivity contribution is 0.0380. The Kier molecular flexibility index (Phi) is 5.28. The number of ether oxygens (including phenoxy) is 2. The molecule has 0 amide bonds. The summed E-state index contributed by atoms with van der Waals surface area (Å²) in [6.45, 7) is 5.29. The van der Waals surface area contributed by atoms with Crippen LogP contribution in [0.25, 0.3) is 22.5 Å². The van der Waals surface area contributed by atoms with Crippen LogP contribution in [0.4, 0.5) is 10.2 Å². The van der Waals surface area contributed by atoms with Gasteiger partial charge in [0, 0.05) is 24.2 Å². The molecule has 9 heteroatoms. The number of phenolic OH excluding ortho intramolecular Hbond substituents is 1. The second-order valence-electron chi connectivity index (χ2n) is 11.0. The van der Waals surface area contributed by atoms with Gasteiger partial charge in [-0.3, -0.25) is 0 Å². The van der Waals surface area contributed by atoms with Gasteiger partial charge >= 0.3 is 0 Å². The maximum atomic E-state index is 15.5. The number of alkyl halides is 1. The standard InChI is InChI=1S/C27H30FN5O3/c1-26-6-7-27(2,15-26)23(28)19(12-26)33(3)22-14-29-24(32-31-22)18-5-4-16(10-20(18)34)17-11-21-25(30-13-17)36-9-8-35-21/h4-5,10-11,13-14,19,23,34H,6-9,12,15H2,1-3H3/t19-,23-,26-,27-/m0/s1. The summed E-state index contributed by atoms with van der Waals surface area (Å²) in [5.74, 6) is 1.91. The largest absolute Gasteiger partial charge is 0.507 e. The Bertz CT molecular complexity index is 1310. The van der Waals surface area contributed by atoms with Crippen LogP contribution in [-0.2, 0) is 0 Å². The molecule has 3 heterocycles. The fourth-order valence-corrected chi connectivity index (χ4v) is 6.27. The van der Waals surface area contributed by atoms with E-state index in [1.165, 1.54) is 0 Å². The number of rotatable bonds is 4. The van der Waals surface area contributed by atoms with Crippen molar-refractivity contribution in [3.05, 3.63) is 36.7 Å². The molecule has 2 bridgehead atoms. The molecule has 3 aliphatic rings. The van der Waals surface area contributed by atoms with E-state index in [0.717, 1.165) is 36.8 Å². The molecule has 1 aliphatic heterocycles. The summed E-state index contributed by atoms with van der Waals surface area (Å²) in [7, 11) is 1.87. The van der Waals surface area contributed by atoms with Gasteiger partial charge in [0.25, 0.3) is 5.88 Å². The van der Waals surface area contributed by atoms with Crippen LogP contribution < -0.4 is 14.4 Å². The molecule has 0 saturated heterocycles. The van der Waals surface area contributed by atoms with Crippen LogP contribution >= 0.6 is 0 Å². The SMILES string of the molecule is CN(c1cnc(-c2ccc(-c3cnc4c(c3)OCCO4)cc2O)nn1)[C@H]1C[C@]2(C)CC[C@@](C)(C2)[C@H]1F. The van der Waals surface area contributed by atoms with Gasteiger partial charge < -0.3 is 19.5 Å². The number of hydrogen-bond acceptors (Lipinski definition) is 8. The highest BCUT2D eigenvalue weighted by Crippen LogP contribution is 2.59. The van der Waals surface area contributed by atoms with Gasteiger partial charge in [0.2, 0.25) is 0 Å². The summed E-state index contributed by atoms with van der Waals surface area (Å²) in [5.41, 5.74) is 1.91. The summed E-state index contributed by atoms with van der Waals surface area (Å²) in [6.07, 6.45) is 6.08. The van der Waals surface area contributed by atoms with Crippen molar-refractivity contribution in [2.45, 2.75) is 51.7 Å². The van der Waals surface area contributed by atoms with Gasteiger partial charge in [-0.15, -0.1) is 10.2 Å². The minimum Gasteiger partial charge on any atom is -0.507 e. The van der Waals surface area contributed by atoms with Gasteiger partial charge in [0.15, 0.2) is 17.4 Å². The second-order valence-corrected chi connectivity index (χ2v) is 11.0. The van der Waals surface area contributed by atoms with Crippen LogP contribution in [0.3, 0.4) is 0 Å². The van der Waals surface area contributed by atoms with Crippen molar-refractivity contribution >= 4 is 5.82 Å². The third-order valence-electron chi connectivity index (χ3n) is 8.21. The van der Waals surface area contributed by atoms with E-state index in [1.807, 2.05) is 24.1 Å². The topological polar surface area (TPSA) is 93.5 Å². The molecule has 2 aliphatic carbocycles. The average Bonchev–Trinajstić information content (AvgIpc) is 3.17. The van der Waals surface area contributed by atoms with Crippen molar-refractivity contribution in [1.82, 2.24) is 20.2 Å². The van der Waals surface area contributed by atoms with Gasteiger partial charge in [-0.25, -0.2) is 14.4 Å². The maximum Gasteiger partial charge on any atom is 0.257 e. The predicted octanol–water partition coefficient (Wildman–Crippen LogP) is 4.82. The Morgan fingerprint density at radius 2 is 1.86 bits per heavy atom. The van der Waals surface area contributed by atoms with Gasteiger partial charge in [-0.05, 0) is 54.9 Å². The lowest BCUT2D eigenvalue weighted by atomic mass is 9.67. The smallest absolute Gasteiger partial charge is 0.257 e. The minimum absolute atomic E-state index is 0.0267. The summed E-state index contributed by atoms with van der Waals surface area (Å²) < 4.78 is 26.6. The number of fused-ring (bicyclic) bond motifs is 3. The van der Waals surface area contributed by atoms with Crippen LogP contribution in [0.2, 0.25) is 0 Å². The molecule has 0 spiro atoms. The molecule has 0 radical (unpaired) electrons. The zero-order valence-corrected chi connectivity index (χ0v) is 20.7. The average molecular weight is 492 g/mol. The molecular formula is C27H30FN5O3. The number of anilines is 1. The molecule has 188 valence electrons. The molecule has 2 aromatic heterocycles. The second kappa shape index (κ2) is 8.28. The van der Waals surface area contributed by atoms with Gasteiger partial charge in [-0.1, -0.05) is 19.9 Å². The van der Waals surface area contributed by atoms with E-state index in [-0.39, 0.29) is 22.6 Å². The summed E-state index contributed by atoms with van der Waals surface area (Å²) in [6, 6.07) is 6.83. The zero-order valence-electron chi connectivity index (χ0n) is 20.7. The van der Waals surface area contributed by atoms with E-state index in [9.17, 15) is 5.11 Å². The van der Waals surface area contributed by atoms with E-state index in [1.54, 1.807) is 24.5 Å². The van der Waals surface area contributed by atoms with Crippen LogP contribution in [0.1, 0.15) is 39.5 Å². The van der Waals surface area contributed by atoms with Crippen molar-refractivity contribution in [3.63, 3.8) is 0 Å². The number of phenols is 1. The first-order valence-electron chi connectivity index (χ1n) is 12.4. The molecule has 3 aromatic rings. The van der Waals surface area contributed by atoms with Gasteiger partial charge in [0.05, 0.1) is 17.8 Å². The van der Waals surface area contributed by atoms with Crippen molar-refractivity contribution in [1.29, 1.82) is 0 Å². The molecule has 36 heavy (non-hydrogen) atoms. The third-order valence-corrected chi connectivity index (χ3v) is 8.21. The molecule has 6 rings (SSSR count). The highest BCUT2D eigenvalue weighted by Gasteiger charge is 2.56. The number of halogens is 1.